The molecule has 0 atom stereocenters. The number of para-hydroxylation sites is 1. The van der Waals surface area contributed by atoms with Crippen molar-refractivity contribution in [3.8, 4) is 0 Å². The second-order valence-corrected chi connectivity index (χ2v) is 4.97. The van der Waals surface area contributed by atoms with Gasteiger partial charge >= 0.3 is 0 Å². The second-order valence-electron chi connectivity index (χ2n) is 4.17. The summed E-state index contributed by atoms with van der Waals surface area (Å²) in [6.07, 6.45) is 4.25. The summed E-state index contributed by atoms with van der Waals surface area (Å²) in [7, 11) is 4.17. The first-order valence-electron chi connectivity index (χ1n) is 5.56. The van der Waals surface area contributed by atoms with E-state index < -0.39 is 14.8 Å². The lowest BCUT2D eigenvalue weighted by Crippen LogP contribution is -2.42. The molecule has 0 radical (unpaired) electrons. The van der Waals surface area contributed by atoms with Crippen LogP contribution < -0.4 is 17.2 Å². The molecule has 0 N–H and O–H groups in total. The van der Waals surface area contributed by atoms with Gasteiger partial charge in [0, 0.05) is 29.4 Å². The Morgan fingerprint density at radius 2 is 1.58 bits per heavy atom. The van der Waals surface area contributed by atoms with Crippen LogP contribution in [-0.4, -0.2) is 4.57 Å². The number of nitrogens with zero attached hydrogens (tertiary/aromatic N) is 2. The molecule has 2 aromatic heterocycles. The zero-order chi connectivity index (χ0) is 14.0. The van der Waals surface area contributed by atoms with Gasteiger partial charge in [0.1, 0.15) is 12.6 Å². The maximum absolute atomic E-state index is 8.52. The van der Waals surface area contributed by atoms with Gasteiger partial charge in [-0.2, -0.15) is 0 Å². The van der Waals surface area contributed by atoms with E-state index >= 15 is 0 Å². The molecule has 0 saturated carbocycles. The molecular weight excluding hydrogens is 312 g/mol. The fourth-order valence-electron chi connectivity index (χ4n) is 2.20. The van der Waals surface area contributed by atoms with Crippen molar-refractivity contribution in [2.75, 3.05) is 0 Å². The molecule has 0 bridgehead atoms. The van der Waals surface area contributed by atoms with Crippen LogP contribution in [0.5, 0.6) is 0 Å². The zero-order valence-corrected chi connectivity index (χ0v) is 12.1. The van der Waals surface area contributed by atoms with Gasteiger partial charge in [-0.05, 0) is 6.07 Å². The van der Waals surface area contributed by atoms with Gasteiger partial charge in [0.05, 0.1) is 0 Å². The molecular formula is C13H13BrN2O3. The fraction of sp³-hybridized carbons (Fsp3) is 0.154. The van der Waals surface area contributed by atoms with Crippen molar-refractivity contribution >= 4 is 21.8 Å². The van der Waals surface area contributed by atoms with Crippen LogP contribution >= 0.6 is 0 Å². The number of aromatic nitrogens is 2. The van der Waals surface area contributed by atoms with Crippen LogP contribution in [0, 0.1) is 14.8 Å². The molecule has 6 heteroatoms. The summed E-state index contributed by atoms with van der Waals surface area (Å²) in [6.45, 7) is 0. The lowest BCUT2D eigenvalue weighted by molar-refractivity contribution is -1.73. The van der Waals surface area contributed by atoms with Gasteiger partial charge in [0.15, 0.2) is 12.4 Å². The highest BCUT2D eigenvalue weighted by molar-refractivity contribution is 6.07. The predicted octanol–water partition coefficient (Wildman–Crippen LogP) is -1.41. The number of rotatable bonds is 0. The lowest BCUT2D eigenvalue weighted by atomic mass is 10.2. The standard InChI is InChI=1S/C13H13N2.BrO3/c1-14-8-7-11-10-5-3-4-6-12(10)15(2)13(11)9-14;2-1(3)4/h3-9H,1-2H3;/q+1;-1. The Morgan fingerprint density at radius 3 is 2.26 bits per heavy atom. The van der Waals surface area contributed by atoms with Crippen molar-refractivity contribution in [3.05, 3.63) is 42.7 Å². The van der Waals surface area contributed by atoms with E-state index in [1.54, 1.807) is 0 Å². The molecule has 3 rings (SSSR count). The minimum Gasteiger partial charge on any atom is -0.405 e. The minimum absolute atomic E-state index is 1.28. The highest BCUT2D eigenvalue weighted by Gasteiger charge is 2.09. The van der Waals surface area contributed by atoms with E-state index in [0.29, 0.717) is 0 Å². The minimum atomic E-state index is -3.65. The number of pyridine rings is 1. The van der Waals surface area contributed by atoms with Crippen LogP contribution in [0.4, 0.5) is 0 Å². The summed E-state index contributed by atoms with van der Waals surface area (Å²) in [4.78, 5) is 0. The summed E-state index contributed by atoms with van der Waals surface area (Å²) in [5, 5.41) is 2.65. The normalized spacial score (nSPS) is 10.8. The number of hydrogen-bond donors (Lipinski definition) is 0. The van der Waals surface area contributed by atoms with Crippen molar-refractivity contribution in [1.29, 1.82) is 0 Å². The number of halogens is 1. The molecule has 2 heterocycles. The first-order valence-corrected chi connectivity index (χ1v) is 7.50. The number of aryl methyl sites for hydroxylation is 2. The van der Waals surface area contributed by atoms with Crippen LogP contribution in [0.15, 0.2) is 42.7 Å². The third-order valence-corrected chi connectivity index (χ3v) is 3.00. The zero-order valence-electron chi connectivity index (χ0n) is 10.5. The van der Waals surface area contributed by atoms with E-state index in [9.17, 15) is 0 Å². The molecule has 0 aliphatic rings. The Balaban J connectivity index is 0.000000297. The van der Waals surface area contributed by atoms with Crippen molar-refractivity contribution in [2.45, 2.75) is 0 Å². The number of hydrogen-bond acceptors (Lipinski definition) is 3. The molecule has 0 spiro atoms. The van der Waals surface area contributed by atoms with Gasteiger partial charge in [0.2, 0.25) is 14.8 Å². The average molecular weight is 325 g/mol. The van der Waals surface area contributed by atoms with Crippen molar-refractivity contribution < 1.29 is 32.0 Å². The van der Waals surface area contributed by atoms with Gasteiger partial charge < -0.3 is 17.2 Å². The Morgan fingerprint density at radius 1 is 1.00 bits per heavy atom. The molecule has 0 aliphatic heterocycles. The smallest absolute Gasteiger partial charge is 0.216 e. The van der Waals surface area contributed by atoms with E-state index in [-0.39, 0.29) is 0 Å². The summed E-state index contributed by atoms with van der Waals surface area (Å²) in [6, 6.07) is 10.7. The predicted molar refractivity (Wildman–Crippen MR) is 61.6 cm³/mol. The first-order chi connectivity index (χ1) is 9.00. The van der Waals surface area contributed by atoms with Crippen LogP contribution in [0.25, 0.3) is 21.8 Å². The summed E-state index contributed by atoms with van der Waals surface area (Å²) >= 11 is -3.65. The van der Waals surface area contributed by atoms with Gasteiger partial charge in [-0.15, -0.1) is 0 Å². The average Bonchev–Trinajstić information content (AvgIpc) is 2.63. The molecule has 0 saturated heterocycles. The lowest BCUT2D eigenvalue weighted by Gasteiger charge is -1.94. The van der Waals surface area contributed by atoms with Crippen LogP contribution in [0.2, 0.25) is 0 Å². The quantitative estimate of drug-likeness (QED) is 0.477. The molecule has 0 unspecified atom stereocenters. The van der Waals surface area contributed by atoms with E-state index in [4.69, 9.17) is 12.6 Å². The third-order valence-electron chi connectivity index (χ3n) is 3.00. The van der Waals surface area contributed by atoms with Gasteiger partial charge in [-0.25, -0.2) is 4.57 Å². The van der Waals surface area contributed by atoms with Crippen LogP contribution in [-0.2, 0) is 14.1 Å². The maximum atomic E-state index is 8.52. The molecule has 100 valence electrons. The van der Waals surface area contributed by atoms with Crippen molar-refractivity contribution in [2.24, 2.45) is 14.1 Å². The largest absolute Gasteiger partial charge is 0.405 e. The van der Waals surface area contributed by atoms with Gasteiger partial charge in [0.25, 0.3) is 0 Å². The fourth-order valence-corrected chi connectivity index (χ4v) is 2.20. The summed E-state index contributed by atoms with van der Waals surface area (Å²) in [5.74, 6) is 0. The van der Waals surface area contributed by atoms with Gasteiger partial charge in [-0.3, -0.25) is 0 Å². The topological polar surface area (TPSA) is 78.0 Å². The van der Waals surface area contributed by atoms with Crippen molar-refractivity contribution in [3.63, 3.8) is 0 Å². The van der Waals surface area contributed by atoms with Crippen LogP contribution in [0.1, 0.15) is 0 Å². The van der Waals surface area contributed by atoms with E-state index in [2.05, 4.69) is 66.0 Å². The van der Waals surface area contributed by atoms with E-state index in [0.717, 1.165) is 0 Å². The molecule has 3 aromatic rings. The molecule has 1 aromatic carbocycles. The van der Waals surface area contributed by atoms with E-state index in [1.807, 2.05) is 0 Å². The molecule has 0 aliphatic carbocycles. The van der Waals surface area contributed by atoms with Gasteiger partial charge in [-0.1, -0.05) is 18.2 Å². The second kappa shape index (κ2) is 5.66. The Bertz CT molecular complexity index is 707. The first kappa shape index (κ1) is 14.0. The number of benzene rings is 1. The highest BCUT2D eigenvalue weighted by Crippen LogP contribution is 2.26. The Hall–Kier alpha value is -1.47. The van der Waals surface area contributed by atoms with Crippen molar-refractivity contribution in [1.82, 2.24) is 4.57 Å². The SMILES string of the molecule is Cn1c2ccccc2c2cc[n+](C)cc21.[O-][Br+2]([O-])[O-]. The monoisotopic (exact) mass is 324 g/mol. The molecule has 0 amide bonds. The molecule has 0 fully saturated rings. The Kier molecular flexibility index (Phi) is 4.16. The molecule has 19 heavy (non-hydrogen) atoms. The van der Waals surface area contributed by atoms with E-state index in [1.165, 1.54) is 21.8 Å². The maximum Gasteiger partial charge on any atom is 0.216 e. The Labute approximate surface area is 115 Å². The molecule has 5 nitrogen and oxygen atoms in total. The van der Waals surface area contributed by atoms with Crippen LogP contribution in [0.3, 0.4) is 0 Å². The number of fused-ring (bicyclic) bond motifs is 3. The summed E-state index contributed by atoms with van der Waals surface area (Å²) in [5.41, 5.74) is 2.57. The summed E-state index contributed by atoms with van der Waals surface area (Å²) < 4.78 is 29.9. The third kappa shape index (κ3) is 2.93. The highest BCUT2D eigenvalue weighted by atomic mass is 80.0.